The number of nitrogens with zero attached hydrogens (tertiary/aromatic N) is 1. The molecule has 2 aliphatic rings. The maximum atomic E-state index is 14.3. The Labute approximate surface area is 192 Å². The van der Waals surface area contributed by atoms with E-state index in [1.54, 1.807) is 0 Å². The van der Waals surface area contributed by atoms with Crippen LogP contribution in [0.1, 0.15) is 23.1 Å². The van der Waals surface area contributed by atoms with E-state index >= 15 is 0 Å². The lowest BCUT2D eigenvalue weighted by atomic mass is 9.97. The molecule has 2 aliphatic heterocycles. The molecule has 0 unspecified atom stereocenters. The number of hydrogen-bond acceptors (Lipinski definition) is 4. The summed E-state index contributed by atoms with van der Waals surface area (Å²) < 4.78 is 46.0. The zero-order chi connectivity index (χ0) is 22.8. The largest absolute Gasteiger partial charge is 0.488 e. The minimum atomic E-state index is -0.436. The van der Waals surface area contributed by atoms with Crippen molar-refractivity contribution in [3.05, 3.63) is 82.9 Å². The van der Waals surface area contributed by atoms with Crippen LogP contribution < -0.4 is 9.47 Å². The standard InChI is InChI=1S/C27H27F2NO3/c1-18-4-2-3-5-24(18)19-12-21-16-30(15-20-13-22(28)6-7-25(20)29)9-11-32-27(21)26(14-19)33-23-8-10-31-17-23/h2-7,12-14,23H,8-11,15-17H2,1H3/t23-/m1/s1. The van der Waals surface area contributed by atoms with Gasteiger partial charge in [0.05, 0.1) is 13.2 Å². The van der Waals surface area contributed by atoms with Crippen molar-refractivity contribution in [1.82, 2.24) is 4.90 Å². The Balaban J connectivity index is 1.51. The monoisotopic (exact) mass is 451 g/mol. The number of benzene rings is 3. The van der Waals surface area contributed by atoms with Crippen LogP contribution in [0.5, 0.6) is 11.5 Å². The highest BCUT2D eigenvalue weighted by Crippen LogP contribution is 2.40. The fraction of sp³-hybridized carbons (Fsp3) is 0.333. The third kappa shape index (κ3) is 4.87. The van der Waals surface area contributed by atoms with Crippen LogP contribution in [-0.4, -0.2) is 37.4 Å². The van der Waals surface area contributed by atoms with Gasteiger partial charge in [0.25, 0.3) is 0 Å². The summed E-state index contributed by atoms with van der Waals surface area (Å²) in [7, 11) is 0. The van der Waals surface area contributed by atoms with E-state index in [1.165, 1.54) is 17.7 Å². The maximum Gasteiger partial charge on any atom is 0.165 e. The molecule has 172 valence electrons. The van der Waals surface area contributed by atoms with Crippen molar-refractivity contribution in [3.63, 3.8) is 0 Å². The van der Waals surface area contributed by atoms with Gasteiger partial charge in [-0.25, -0.2) is 8.78 Å². The van der Waals surface area contributed by atoms with E-state index in [9.17, 15) is 8.78 Å². The predicted octanol–water partition coefficient (Wildman–Crippen LogP) is 5.50. The van der Waals surface area contributed by atoms with Crippen LogP contribution in [0.25, 0.3) is 11.1 Å². The first-order valence-electron chi connectivity index (χ1n) is 11.3. The average Bonchev–Trinajstić information content (AvgIpc) is 3.22. The molecule has 33 heavy (non-hydrogen) atoms. The van der Waals surface area contributed by atoms with Gasteiger partial charge in [0.2, 0.25) is 0 Å². The van der Waals surface area contributed by atoms with Gasteiger partial charge in [-0.15, -0.1) is 0 Å². The molecule has 0 aliphatic carbocycles. The van der Waals surface area contributed by atoms with E-state index in [4.69, 9.17) is 14.2 Å². The van der Waals surface area contributed by atoms with Crippen LogP contribution in [0, 0.1) is 18.6 Å². The minimum absolute atomic E-state index is 0.00873. The SMILES string of the molecule is Cc1ccccc1-c1cc2c(c(O[C@@H]3CCOC3)c1)OCCN(Cc1cc(F)ccc1F)C2. The van der Waals surface area contributed by atoms with Crippen LogP contribution in [0.15, 0.2) is 54.6 Å². The molecule has 0 radical (unpaired) electrons. The highest BCUT2D eigenvalue weighted by molar-refractivity contribution is 5.72. The Kier molecular flexibility index (Phi) is 6.29. The third-order valence-corrected chi connectivity index (χ3v) is 6.22. The summed E-state index contributed by atoms with van der Waals surface area (Å²) in [6.07, 6.45) is 0.833. The van der Waals surface area contributed by atoms with Gasteiger partial charge in [-0.1, -0.05) is 24.3 Å². The van der Waals surface area contributed by atoms with Crippen molar-refractivity contribution in [2.24, 2.45) is 0 Å². The zero-order valence-electron chi connectivity index (χ0n) is 18.7. The van der Waals surface area contributed by atoms with E-state index in [-0.39, 0.29) is 6.10 Å². The quantitative estimate of drug-likeness (QED) is 0.512. The zero-order valence-corrected chi connectivity index (χ0v) is 18.7. The number of fused-ring (bicyclic) bond motifs is 1. The topological polar surface area (TPSA) is 30.9 Å². The van der Waals surface area contributed by atoms with E-state index < -0.39 is 11.6 Å². The molecule has 3 aromatic carbocycles. The summed E-state index contributed by atoms with van der Waals surface area (Å²) in [6, 6.07) is 16.0. The van der Waals surface area contributed by atoms with Crippen LogP contribution in [0.3, 0.4) is 0 Å². The molecule has 4 nitrogen and oxygen atoms in total. The van der Waals surface area contributed by atoms with Gasteiger partial charge in [-0.2, -0.15) is 0 Å². The number of aryl methyl sites for hydroxylation is 1. The lowest BCUT2D eigenvalue weighted by molar-refractivity contribution is 0.137. The molecule has 6 heteroatoms. The molecule has 1 atom stereocenters. The van der Waals surface area contributed by atoms with Crippen molar-refractivity contribution in [3.8, 4) is 22.6 Å². The third-order valence-electron chi connectivity index (χ3n) is 6.22. The Bertz CT molecular complexity index is 1140. The molecular formula is C27H27F2NO3. The van der Waals surface area contributed by atoms with Gasteiger partial charge in [-0.05, 0) is 53.9 Å². The molecule has 5 rings (SSSR count). The first-order chi connectivity index (χ1) is 16.1. The highest BCUT2D eigenvalue weighted by atomic mass is 19.1. The van der Waals surface area contributed by atoms with Crippen LogP contribution in [0.4, 0.5) is 8.78 Å². The predicted molar refractivity (Wildman–Crippen MR) is 122 cm³/mol. The Morgan fingerprint density at radius 2 is 1.94 bits per heavy atom. The Hall–Kier alpha value is -2.96. The molecule has 0 N–H and O–H groups in total. The Morgan fingerprint density at radius 1 is 1.06 bits per heavy atom. The van der Waals surface area contributed by atoms with Crippen molar-refractivity contribution < 1.29 is 23.0 Å². The first-order valence-corrected chi connectivity index (χ1v) is 11.3. The molecule has 0 aromatic heterocycles. The van der Waals surface area contributed by atoms with Gasteiger partial charge in [0.1, 0.15) is 24.3 Å². The van der Waals surface area contributed by atoms with Gasteiger partial charge in [0, 0.05) is 37.2 Å². The summed E-state index contributed by atoms with van der Waals surface area (Å²) in [4.78, 5) is 2.08. The fourth-order valence-electron chi connectivity index (χ4n) is 4.50. The number of halogens is 2. The first kappa shape index (κ1) is 21.9. The lowest BCUT2D eigenvalue weighted by Gasteiger charge is -2.21. The summed E-state index contributed by atoms with van der Waals surface area (Å²) in [5.41, 5.74) is 4.65. The molecular weight excluding hydrogens is 424 g/mol. The Morgan fingerprint density at radius 3 is 2.76 bits per heavy atom. The smallest absolute Gasteiger partial charge is 0.165 e. The molecule has 3 aromatic rings. The van der Waals surface area contributed by atoms with Gasteiger partial charge >= 0.3 is 0 Å². The molecule has 1 fully saturated rings. The van der Waals surface area contributed by atoms with Gasteiger partial charge in [0.15, 0.2) is 11.5 Å². The van der Waals surface area contributed by atoms with E-state index in [0.717, 1.165) is 34.9 Å². The van der Waals surface area contributed by atoms with Crippen LogP contribution in [0.2, 0.25) is 0 Å². The fourth-order valence-corrected chi connectivity index (χ4v) is 4.50. The van der Waals surface area contributed by atoms with E-state index in [1.807, 2.05) is 18.2 Å². The summed E-state index contributed by atoms with van der Waals surface area (Å²) in [5.74, 6) is 0.594. The van der Waals surface area contributed by atoms with Gasteiger partial charge < -0.3 is 14.2 Å². The normalized spacial score (nSPS) is 18.5. The second kappa shape index (κ2) is 9.49. The van der Waals surface area contributed by atoms with Crippen molar-refractivity contribution in [2.45, 2.75) is 32.5 Å². The summed E-state index contributed by atoms with van der Waals surface area (Å²) in [6.45, 7) is 5.21. The van der Waals surface area contributed by atoms with Crippen LogP contribution >= 0.6 is 0 Å². The lowest BCUT2D eigenvalue weighted by Crippen LogP contribution is -2.25. The molecule has 0 amide bonds. The molecule has 0 saturated carbocycles. The summed E-state index contributed by atoms with van der Waals surface area (Å²) >= 11 is 0. The highest BCUT2D eigenvalue weighted by Gasteiger charge is 2.25. The molecule has 0 spiro atoms. The van der Waals surface area contributed by atoms with Gasteiger partial charge in [-0.3, -0.25) is 4.90 Å². The second-order valence-electron chi connectivity index (χ2n) is 8.68. The minimum Gasteiger partial charge on any atom is -0.488 e. The average molecular weight is 452 g/mol. The van der Waals surface area contributed by atoms with Crippen molar-refractivity contribution in [1.29, 1.82) is 0 Å². The van der Waals surface area contributed by atoms with Crippen LogP contribution in [-0.2, 0) is 17.8 Å². The maximum absolute atomic E-state index is 14.3. The molecule has 1 saturated heterocycles. The molecule has 2 heterocycles. The van der Waals surface area contributed by atoms with E-state index in [2.05, 4.69) is 30.0 Å². The number of ether oxygens (including phenoxy) is 3. The van der Waals surface area contributed by atoms with Crippen molar-refractivity contribution in [2.75, 3.05) is 26.4 Å². The number of rotatable bonds is 5. The van der Waals surface area contributed by atoms with Crippen molar-refractivity contribution >= 4 is 0 Å². The second-order valence-corrected chi connectivity index (χ2v) is 8.68. The molecule has 0 bridgehead atoms. The summed E-state index contributed by atoms with van der Waals surface area (Å²) in [5, 5.41) is 0. The number of hydrogen-bond donors (Lipinski definition) is 0. The van der Waals surface area contributed by atoms with E-state index in [0.29, 0.717) is 50.8 Å².